The summed E-state index contributed by atoms with van der Waals surface area (Å²) in [7, 11) is -4.07. The van der Waals surface area contributed by atoms with E-state index in [2.05, 4.69) is 5.32 Å². The molecule has 0 aromatic heterocycles. The molecule has 0 saturated heterocycles. The highest BCUT2D eigenvalue weighted by Gasteiger charge is 2.33. The number of carbonyl (C=O) groups excluding carboxylic acids is 2. The monoisotopic (exact) mass is 547 g/mol. The molecule has 3 aromatic carbocycles. The van der Waals surface area contributed by atoms with E-state index in [0.717, 1.165) is 36.8 Å². The number of anilines is 1. The Morgan fingerprint density at radius 3 is 2.13 bits per heavy atom. The molecular weight excluding hydrogens is 510 g/mol. The second kappa shape index (κ2) is 12.9. The quantitative estimate of drug-likeness (QED) is 0.369. The van der Waals surface area contributed by atoms with Gasteiger partial charge in [0.2, 0.25) is 11.8 Å². The van der Waals surface area contributed by atoms with Gasteiger partial charge in [0.05, 0.1) is 10.6 Å². The first-order valence-electron chi connectivity index (χ1n) is 13.6. The molecule has 8 heteroatoms. The van der Waals surface area contributed by atoms with Crippen molar-refractivity contribution in [3.05, 3.63) is 96.1 Å². The van der Waals surface area contributed by atoms with E-state index in [1.807, 2.05) is 49.4 Å². The average Bonchev–Trinajstić information content (AvgIpc) is 3.48. The van der Waals surface area contributed by atoms with Crippen molar-refractivity contribution in [2.45, 2.75) is 69.5 Å². The third-order valence-corrected chi connectivity index (χ3v) is 9.09. The molecule has 1 fully saturated rings. The van der Waals surface area contributed by atoms with Gasteiger partial charge in [-0.1, -0.05) is 86.5 Å². The second-order valence-electron chi connectivity index (χ2n) is 9.98. The van der Waals surface area contributed by atoms with Crippen molar-refractivity contribution in [3.63, 3.8) is 0 Å². The van der Waals surface area contributed by atoms with Gasteiger partial charge in [0.25, 0.3) is 10.0 Å². The fraction of sp³-hybridized carbons (Fsp3) is 0.355. The summed E-state index contributed by atoms with van der Waals surface area (Å²) in [5.41, 5.74) is 2.13. The number of amides is 2. The lowest BCUT2D eigenvalue weighted by molar-refractivity contribution is -0.139. The summed E-state index contributed by atoms with van der Waals surface area (Å²) in [6.45, 7) is 3.42. The molecule has 39 heavy (non-hydrogen) atoms. The number of aryl methyl sites for hydroxylation is 1. The second-order valence-corrected chi connectivity index (χ2v) is 11.8. The molecule has 7 nitrogen and oxygen atoms in total. The molecule has 0 spiro atoms. The van der Waals surface area contributed by atoms with E-state index >= 15 is 0 Å². The topological polar surface area (TPSA) is 86.8 Å². The molecule has 1 saturated carbocycles. The van der Waals surface area contributed by atoms with Gasteiger partial charge < -0.3 is 10.2 Å². The first-order valence-corrected chi connectivity index (χ1v) is 15.0. The third kappa shape index (κ3) is 6.87. The van der Waals surface area contributed by atoms with Gasteiger partial charge in [0.15, 0.2) is 0 Å². The van der Waals surface area contributed by atoms with Gasteiger partial charge in [-0.3, -0.25) is 13.9 Å². The minimum absolute atomic E-state index is 0.102. The van der Waals surface area contributed by atoms with E-state index in [-0.39, 0.29) is 23.4 Å². The lowest BCUT2D eigenvalue weighted by Crippen LogP contribution is -2.52. The standard InChI is InChI=1S/C31H37N3O4S/c1-3-26-16-10-13-21-29(26)34(39(37,38)28-19-8-5-9-20-28)23-30(35)33(22-25-14-6-4-7-15-25)24(2)31(36)32-27-17-11-12-18-27/h4-10,13-16,19-21,24,27H,3,11-12,17-18,22-23H2,1-2H3,(H,32,36). The van der Waals surface area contributed by atoms with Crippen molar-refractivity contribution < 1.29 is 18.0 Å². The molecule has 0 heterocycles. The normalized spacial score (nSPS) is 14.5. The lowest BCUT2D eigenvalue weighted by Gasteiger charge is -2.33. The Kier molecular flexibility index (Phi) is 9.41. The fourth-order valence-electron chi connectivity index (χ4n) is 5.04. The number of rotatable bonds is 11. The SMILES string of the molecule is CCc1ccccc1N(CC(=O)N(Cc1ccccc1)C(C)C(=O)NC1CCCC1)S(=O)(=O)c1ccccc1. The molecule has 1 unspecified atom stereocenters. The number of nitrogens with one attached hydrogen (secondary N) is 1. The van der Waals surface area contributed by atoms with Crippen molar-refractivity contribution >= 4 is 27.5 Å². The maximum Gasteiger partial charge on any atom is 0.264 e. The summed E-state index contributed by atoms with van der Waals surface area (Å²) in [6, 6.07) is 24.1. The predicted molar refractivity (Wildman–Crippen MR) is 154 cm³/mol. The summed E-state index contributed by atoms with van der Waals surface area (Å²) >= 11 is 0. The number of sulfonamides is 1. The molecule has 1 N–H and O–H groups in total. The Morgan fingerprint density at radius 1 is 0.897 bits per heavy atom. The molecule has 1 atom stereocenters. The zero-order valence-electron chi connectivity index (χ0n) is 22.6. The summed E-state index contributed by atoms with van der Waals surface area (Å²) in [5.74, 6) is -0.670. The van der Waals surface area contributed by atoms with Crippen LogP contribution in [0.2, 0.25) is 0 Å². The van der Waals surface area contributed by atoms with Gasteiger partial charge in [0, 0.05) is 12.6 Å². The number of para-hydroxylation sites is 1. The average molecular weight is 548 g/mol. The summed E-state index contributed by atoms with van der Waals surface area (Å²) in [4.78, 5) is 28.9. The van der Waals surface area contributed by atoms with Crippen molar-refractivity contribution in [3.8, 4) is 0 Å². The predicted octanol–water partition coefficient (Wildman–Crippen LogP) is 4.92. The van der Waals surface area contributed by atoms with E-state index in [9.17, 15) is 18.0 Å². The van der Waals surface area contributed by atoms with Crippen LogP contribution in [0.4, 0.5) is 5.69 Å². The molecule has 4 rings (SSSR count). The number of benzene rings is 3. The summed E-state index contributed by atoms with van der Waals surface area (Å²) < 4.78 is 29.0. The van der Waals surface area contributed by atoms with Gasteiger partial charge in [-0.25, -0.2) is 8.42 Å². The Labute approximate surface area is 231 Å². The minimum Gasteiger partial charge on any atom is -0.352 e. The van der Waals surface area contributed by atoms with E-state index in [1.54, 1.807) is 37.3 Å². The van der Waals surface area contributed by atoms with E-state index in [4.69, 9.17) is 0 Å². The van der Waals surface area contributed by atoms with Crippen LogP contribution in [0.1, 0.15) is 50.7 Å². The van der Waals surface area contributed by atoms with Gasteiger partial charge in [-0.2, -0.15) is 0 Å². The van der Waals surface area contributed by atoms with Crippen LogP contribution >= 0.6 is 0 Å². The van der Waals surface area contributed by atoms with Crippen LogP contribution in [0.3, 0.4) is 0 Å². The maximum absolute atomic E-state index is 14.0. The van der Waals surface area contributed by atoms with Crippen LogP contribution in [0.5, 0.6) is 0 Å². The third-order valence-electron chi connectivity index (χ3n) is 7.32. The van der Waals surface area contributed by atoms with Crippen LogP contribution in [-0.4, -0.2) is 43.8 Å². The highest BCUT2D eigenvalue weighted by molar-refractivity contribution is 7.92. The number of hydrogen-bond donors (Lipinski definition) is 1. The fourth-order valence-corrected chi connectivity index (χ4v) is 6.51. The smallest absolute Gasteiger partial charge is 0.264 e. The molecule has 206 valence electrons. The number of nitrogens with zero attached hydrogens (tertiary/aromatic N) is 2. The lowest BCUT2D eigenvalue weighted by atomic mass is 10.1. The summed E-state index contributed by atoms with van der Waals surface area (Å²) in [5, 5.41) is 3.09. The van der Waals surface area contributed by atoms with Crippen molar-refractivity contribution in [2.75, 3.05) is 10.8 Å². The Bertz CT molecular complexity index is 1360. The van der Waals surface area contributed by atoms with Crippen molar-refractivity contribution in [1.82, 2.24) is 10.2 Å². The maximum atomic E-state index is 14.0. The zero-order chi connectivity index (χ0) is 27.8. The molecular formula is C31H37N3O4S. The van der Waals surface area contributed by atoms with E-state index < -0.39 is 28.5 Å². The minimum atomic E-state index is -4.07. The van der Waals surface area contributed by atoms with Crippen LogP contribution in [0.25, 0.3) is 0 Å². The van der Waals surface area contributed by atoms with E-state index in [0.29, 0.717) is 12.1 Å². The highest BCUT2D eigenvalue weighted by Crippen LogP contribution is 2.28. The molecule has 1 aliphatic rings. The molecule has 2 amide bonds. The molecule has 3 aromatic rings. The number of carbonyl (C=O) groups is 2. The Hall–Kier alpha value is -3.65. The van der Waals surface area contributed by atoms with Crippen LogP contribution in [0.15, 0.2) is 89.8 Å². The molecule has 1 aliphatic carbocycles. The van der Waals surface area contributed by atoms with Gasteiger partial charge in [-0.05, 0) is 55.5 Å². The van der Waals surface area contributed by atoms with Gasteiger partial charge in [-0.15, -0.1) is 0 Å². The largest absolute Gasteiger partial charge is 0.352 e. The van der Waals surface area contributed by atoms with Crippen molar-refractivity contribution in [2.24, 2.45) is 0 Å². The first-order chi connectivity index (χ1) is 18.8. The molecule has 0 bridgehead atoms. The van der Waals surface area contributed by atoms with Crippen LogP contribution in [0, 0.1) is 0 Å². The van der Waals surface area contributed by atoms with Gasteiger partial charge >= 0.3 is 0 Å². The molecule has 0 aliphatic heterocycles. The number of hydrogen-bond acceptors (Lipinski definition) is 4. The summed E-state index contributed by atoms with van der Waals surface area (Å²) in [6.07, 6.45) is 4.62. The first kappa shape index (κ1) is 28.4. The van der Waals surface area contributed by atoms with Crippen LogP contribution < -0.4 is 9.62 Å². The zero-order valence-corrected chi connectivity index (χ0v) is 23.4. The molecule has 0 radical (unpaired) electrons. The Balaban J connectivity index is 1.69. The highest BCUT2D eigenvalue weighted by atomic mass is 32.2. The van der Waals surface area contributed by atoms with E-state index in [1.165, 1.54) is 21.3 Å². The Morgan fingerprint density at radius 2 is 1.49 bits per heavy atom. The van der Waals surface area contributed by atoms with Gasteiger partial charge in [0.1, 0.15) is 12.6 Å². The van der Waals surface area contributed by atoms with Crippen molar-refractivity contribution in [1.29, 1.82) is 0 Å². The van der Waals surface area contributed by atoms with Crippen LogP contribution in [-0.2, 0) is 32.6 Å².